The highest BCUT2D eigenvalue weighted by Crippen LogP contribution is 2.40. The van der Waals surface area contributed by atoms with Crippen LogP contribution in [-0.2, 0) is 11.0 Å². The number of hydrogen-bond donors (Lipinski definition) is 3. The van der Waals surface area contributed by atoms with Gasteiger partial charge in [-0.25, -0.2) is 0 Å². The van der Waals surface area contributed by atoms with Crippen molar-refractivity contribution in [3.05, 3.63) is 53.6 Å². The Morgan fingerprint density at radius 1 is 1.04 bits per heavy atom. The number of aromatic hydroxyl groups is 1. The number of halogens is 3. The van der Waals surface area contributed by atoms with E-state index in [1.54, 1.807) is 0 Å². The lowest BCUT2D eigenvalue weighted by Crippen LogP contribution is -2.28. The summed E-state index contributed by atoms with van der Waals surface area (Å²) in [6.45, 7) is -0.177. The Bertz CT molecular complexity index is 952. The molecule has 3 N–H and O–H groups in total. The largest absolute Gasteiger partial charge is 0.507 e. The molecule has 3 rings (SSSR count). The van der Waals surface area contributed by atoms with Crippen molar-refractivity contribution in [1.29, 1.82) is 0 Å². The van der Waals surface area contributed by atoms with Crippen LogP contribution in [0.5, 0.6) is 5.75 Å². The molecule has 2 aromatic rings. The third-order valence-electron chi connectivity index (χ3n) is 4.38. The molecule has 1 amide bonds. The second-order valence-corrected chi connectivity index (χ2v) is 6.37. The summed E-state index contributed by atoms with van der Waals surface area (Å²) in [6.07, 6.45) is -6.83. The second kappa shape index (κ2) is 7.54. The van der Waals surface area contributed by atoms with Gasteiger partial charge in [0.15, 0.2) is 0 Å². The van der Waals surface area contributed by atoms with E-state index in [4.69, 9.17) is 0 Å². The topological polar surface area (TPSA) is 81.0 Å². The molecule has 0 spiro atoms. The van der Waals surface area contributed by atoms with Crippen LogP contribution < -0.4 is 0 Å². The fourth-order valence-electron chi connectivity index (χ4n) is 2.93. The predicted molar refractivity (Wildman–Crippen MR) is 94.0 cm³/mol. The molecule has 28 heavy (non-hydrogen) atoms. The van der Waals surface area contributed by atoms with Crippen molar-refractivity contribution >= 4 is 5.91 Å². The molecule has 5 nitrogen and oxygen atoms in total. The van der Waals surface area contributed by atoms with Gasteiger partial charge in [-0.1, -0.05) is 30.2 Å². The number of aliphatic hydroxyl groups is 2. The lowest BCUT2D eigenvalue weighted by molar-refractivity contribution is -0.137. The van der Waals surface area contributed by atoms with Gasteiger partial charge in [-0.3, -0.25) is 4.79 Å². The summed E-state index contributed by atoms with van der Waals surface area (Å²) in [4.78, 5) is 13.1. The fourth-order valence-corrected chi connectivity index (χ4v) is 2.93. The van der Waals surface area contributed by atoms with E-state index in [0.29, 0.717) is 0 Å². The van der Waals surface area contributed by atoms with E-state index in [0.717, 1.165) is 11.0 Å². The molecule has 1 aliphatic heterocycles. The SMILES string of the molecule is O=C(C#Cc1ccc(-c2ccccc2O)c(C(F)(F)F)c1)N1C[C@@H](O)[C@@H](O)C1. The lowest BCUT2D eigenvalue weighted by atomic mass is 9.96. The van der Waals surface area contributed by atoms with Gasteiger partial charge in [-0.15, -0.1) is 0 Å². The summed E-state index contributed by atoms with van der Waals surface area (Å²) in [6, 6.07) is 9.01. The van der Waals surface area contributed by atoms with Gasteiger partial charge in [0, 0.05) is 17.0 Å². The van der Waals surface area contributed by atoms with E-state index in [-0.39, 0.29) is 35.5 Å². The van der Waals surface area contributed by atoms with Crippen LogP contribution in [0.1, 0.15) is 11.1 Å². The van der Waals surface area contributed by atoms with Gasteiger partial charge >= 0.3 is 6.18 Å². The minimum absolute atomic E-state index is 0.0276. The second-order valence-electron chi connectivity index (χ2n) is 6.37. The smallest absolute Gasteiger partial charge is 0.417 e. The maximum atomic E-state index is 13.5. The van der Waals surface area contributed by atoms with Gasteiger partial charge in [0.05, 0.1) is 30.9 Å². The number of carbonyl (C=O) groups excluding carboxylic acids is 1. The lowest BCUT2D eigenvalue weighted by Gasteiger charge is -2.14. The number of aliphatic hydroxyl groups excluding tert-OH is 2. The quantitative estimate of drug-likeness (QED) is 0.650. The normalized spacial score (nSPS) is 19.2. The van der Waals surface area contributed by atoms with Gasteiger partial charge in [-0.2, -0.15) is 13.2 Å². The average molecular weight is 391 g/mol. The molecule has 0 bridgehead atoms. The van der Waals surface area contributed by atoms with Crippen LogP contribution in [0.25, 0.3) is 11.1 Å². The third-order valence-corrected chi connectivity index (χ3v) is 4.38. The molecule has 146 valence electrons. The number of amides is 1. The van der Waals surface area contributed by atoms with Crippen molar-refractivity contribution in [2.45, 2.75) is 18.4 Å². The Morgan fingerprint density at radius 3 is 2.29 bits per heavy atom. The van der Waals surface area contributed by atoms with Gasteiger partial charge in [-0.05, 0) is 23.8 Å². The Labute approximate surface area is 158 Å². The molecule has 0 aromatic heterocycles. The minimum atomic E-state index is -4.69. The number of phenols is 1. The first-order valence-electron chi connectivity index (χ1n) is 8.33. The van der Waals surface area contributed by atoms with E-state index in [9.17, 15) is 33.3 Å². The van der Waals surface area contributed by atoms with Gasteiger partial charge in [0.1, 0.15) is 5.75 Å². The van der Waals surface area contributed by atoms with Crippen LogP contribution in [0.2, 0.25) is 0 Å². The fraction of sp³-hybridized carbons (Fsp3) is 0.250. The van der Waals surface area contributed by atoms with Crippen molar-refractivity contribution < 1.29 is 33.3 Å². The van der Waals surface area contributed by atoms with Crippen molar-refractivity contribution in [2.24, 2.45) is 0 Å². The van der Waals surface area contributed by atoms with Crippen molar-refractivity contribution in [1.82, 2.24) is 4.90 Å². The van der Waals surface area contributed by atoms with Crippen LogP contribution in [-0.4, -0.2) is 51.4 Å². The zero-order chi connectivity index (χ0) is 20.5. The number of rotatable bonds is 1. The highest BCUT2D eigenvalue weighted by Gasteiger charge is 2.34. The van der Waals surface area contributed by atoms with Crippen LogP contribution in [0.15, 0.2) is 42.5 Å². The molecule has 0 radical (unpaired) electrons. The first kappa shape index (κ1) is 19.7. The van der Waals surface area contributed by atoms with Gasteiger partial charge < -0.3 is 20.2 Å². The Kier molecular flexibility index (Phi) is 5.31. The van der Waals surface area contributed by atoms with Crippen molar-refractivity contribution in [3.63, 3.8) is 0 Å². The van der Waals surface area contributed by atoms with Crippen LogP contribution in [0, 0.1) is 11.8 Å². The first-order valence-corrected chi connectivity index (χ1v) is 8.33. The van der Waals surface area contributed by atoms with Crippen molar-refractivity contribution in [3.8, 4) is 28.7 Å². The summed E-state index contributed by atoms with van der Waals surface area (Å²) < 4.78 is 40.5. The number of para-hydroxylation sites is 1. The molecule has 1 heterocycles. The van der Waals surface area contributed by atoms with E-state index in [2.05, 4.69) is 11.8 Å². The maximum Gasteiger partial charge on any atom is 0.417 e. The molecule has 0 unspecified atom stereocenters. The summed E-state index contributed by atoms with van der Waals surface area (Å²) >= 11 is 0. The zero-order valence-electron chi connectivity index (χ0n) is 14.4. The number of hydrogen-bond acceptors (Lipinski definition) is 4. The molecule has 1 saturated heterocycles. The molecule has 2 atom stereocenters. The highest BCUT2D eigenvalue weighted by molar-refractivity contribution is 5.94. The molecule has 1 fully saturated rings. The first-order chi connectivity index (χ1) is 13.2. The predicted octanol–water partition coefficient (Wildman–Crippen LogP) is 1.99. The molecule has 0 aliphatic carbocycles. The number of benzene rings is 2. The summed E-state index contributed by atoms with van der Waals surface area (Å²) in [5.74, 6) is 3.63. The third kappa shape index (κ3) is 4.11. The molecule has 8 heteroatoms. The molecular weight excluding hydrogens is 375 g/mol. The molecule has 2 aromatic carbocycles. The number of alkyl halides is 3. The monoisotopic (exact) mass is 391 g/mol. The Balaban J connectivity index is 1.93. The summed E-state index contributed by atoms with van der Waals surface area (Å²) in [5, 5.41) is 28.8. The number of β-amino-alcohol motifs (C(OH)–C–C–N with tert-alkyl or cyclic N) is 2. The number of carbonyl (C=O) groups is 1. The Morgan fingerprint density at radius 2 is 1.68 bits per heavy atom. The van der Waals surface area contributed by atoms with E-state index in [1.165, 1.54) is 36.4 Å². The summed E-state index contributed by atoms with van der Waals surface area (Å²) in [7, 11) is 0. The Hall–Kier alpha value is -3.02. The maximum absolute atomic E-state index is 13.5. The van der Waals surface area contributed by atoms with Crippen LogP contribution >= 0.6 is 0 Å². The number of nitrogens with zero attached hydrogens (tertiary/aromatic N) is 1. The summed E-state index contributed by atoms with van der Waals surface area (Å²) in [5.41, 5.74) is -1.18. The average Bonchev–Trinajstić information content (AvgIpc) is 2.98. The van der Waals surface area contributed by atoms with Crippen LogP contribution in [0.3, 0.4) is 0 Å². The van der Waals surface area contributed by atoms with E-state index >= 15 is 0 Å². The zero-order valence-corrected chi connectivity index (χ0v) is 14.4. The van der Waals surface area contributed by atoms with Gasteiger partial charge in [0.25, 0.3) is 5.91 Å². The molecule has 1 aliphatic rings. The minimum Gasteiger partial charge on any atom is -0.507 e. The molecule has 0 saturated carbocycles. The standard InChI is InChI=1S/C20H16F3NO4/c21-20(22,23)15-9-12(5-7-13(15)14-3-1-2-4-16(14)25)6-8-19(28)24-10-17(26)18(27)11-24/h1-5,7,9,17-18,25-27H,10-11H2/t17-,18+. The molecular formula is C20H16F3NO4. The number of likely N-dealkylation sites (tertiary alicyclic amines) is 1. The number of phenolic OH excluding ortho intramolecular Hbond substituents is 1. The van der Waals surface area contributed by atoms with Crippen LogP contribution in [0.4, 0.5) is 13.2 Å². The van der Waals surface area contributed by atoms with E-state index in [1.807, 2.05) is 0 Å². The van der Waals surface area contributed by atoms with E-state index < -0.39 is 29.9 Å². The van der Waals surface area contributed by atoms with Crippen molar-refractivity contribution in [2.75, 3.05) is 13.1 Å². The van der Waals surface area contributed by atoms with Gasteiger partial charge in [0.2, 0.25) is 0 Å². The highest BCUT2D eigenvalue weighted by atomic mass is 19.4.